The Morgan fingerprint density at radius 1 is 1.41 bits per heavy atom. The van der Waals surface area contributed by atoms with Crippen LogP contribution in [0.3, 0.4) is 0 Å². The highest BCUT2D eigenvalue weighted by Gasteiger charge is 2.05. The van der Waals surface area contributed by atoms with Crippen molar-refractivity contribution in [2.45, 2.75) is 13.3 Å². The molecule has 0 aromatic heterocycles. The Kier molecular flexibility index (Phi) is 5.94. The van der Waals surface area contributed by atoms with E-state index in [2.05, 4.69) is 18.3 Å². The Bertz CT molecular complexity index is 368. The van der Waals surface area contributed by atoms with Crippen LogP contribution in [0.4, 0.5) is 5.69 Å². The minimum atomic E-state index is 0.746. The summed E-state index contributed by atoms with van der Waals surface area (Å²) in [5.41, 5.74) is 2.26. The quantitative estimate of drug-likeness (QED) is 0.643. The molecule has 1 aromatic rings. The molecule has 0 fully saturated rings. The summed E-state index contributed by atoms with van der Waals surface area (Å²) in [6, 6.07) is 8.12. The third-order valence-corrected chi connectivity index (χ3v) is 2.99. The Labute approximate surface area is 109 Å². The van der Waals surface area contributed by atoms with Crippen molar-refractivity contribution in [3.63, 3.8) is 0 Å². The molecule has 0 amide bonds. The van der Waals surface area contributed by atoms with E-state index in [-0.39, 0.29) is 0 Å². The molecular formula is C13H20N2OS. The second kappa shape index (κ2) is 7.25. The van der Waals surface area contributed by atoms with E-state index >= 15 is 0 Å². The van der Waals surface area contributed by atoms with Gasteiger partial charge in [-0.3, -0.25) is 0 Å². The van der Waals surface area contributed by atoms with Gasteiger partial charge < -0.3 is 15.0 Å². The van der Waals surface area contributed by atoms with E-state index in [4.69, 9.17) is 17.0 Å². The molecule has 0 bridgehead atoms. The van der Waals surface area contributed by atoms with Crippen LogP contribution in [0.5, 0.6) is 0 Å². The summed E-state index contributed by atoms with van der Waals surface area (Å²) in [4.78, 5) is 2.03. The maximum Gasteiger partial charge on any atom is 0.173 e. The van der Waals surface area contributed by atoms with Crippen molar-refractivity contribution < 1.29 is 4.74 Å². The van der Waals surface area contributed by atoms with Gasteiger partial charge in [0.25, 0.3) is 0 Å². The maximum absolute atomic E-state index is 5.34. The highest BCUT2D eigenvalue weighted by molar-refractivity contribution is 7.80. The maximum atomic E-state index is 5.34. The normalized spacial score (nSPS) is 10.1. The lowest BCUT2D eigenvalue weighted by Gasteiger charge is -2.21. The van der Waals surface area contributed by atoms with Gasteiger partial charge in [0.1, 0.15) is 0 Å². The monoisotopic (exact) mass is 252 g/mol. The lowest BCUT2D eigenvalue weighted by atomic mass is 10.2. The van der Waals surface area contributed by atoms with Gasteiger partial charge in [-0.05, 0) is 37.2 Å². The molecule has 94 valence electrons. The molecule has 0 unspecified atom stereocenters. The van der Waals surface area contributed by atoms with Gasteiger partial charge in [-0.15, -0.1) is 0 Å². The third-order valence-electron chi connectivity index (χ3n) is 2.58. The average Bonchev–Trinajstić information content (AvgIpc) is 2.32. The molecule has 3 nitrogen and oxygen atoms in total. The molecule has 0 heterocycles. The lowest BCUT2D eigenvalue weighted by Crippen LogP contribution is -2.32. The smallest absolute Gasteiger partial charge is 0.173 e. The number of nitrogens with zero attached hydrogens (tertiary/aromatic N) is 1. The highest BCUT2D eigenvalue weighted by atomic mass is 32.1. The van der Waals surface area contributed by atoms with Gasteiger partial charge in [0, 0.05) is 33.0 Å². The zero-order valence-corrected chi connectivity index (χ0v) is 11.5. The van der Waals surface area contributed by atoms with Crippen molar-refractivity contribution in [1.82, 2.24) is 4.90 Å². The van der Waals surface area contributed by atoms with Gasteiger partial charge in [0.05, 0.1) is 0 Å². The zero-order chi connectivity index (χ0) is 12.7. The number of methoxy groups -OCH3 is 1. The van der Waals surface area contributed by atoms with E-state index in [1.807, 2.05) is 30.1 Å². The number of aryl methyl sites for hydroxylation is 1. The molecule has 1 N–H and O–H groups in total. The zero-order valence-electron chi connectivity index (χ0n) is 10.7. The van der Waals surface area contributed by atoms with Crippen LogP contribution in [-0.4, -0.2) is 37.3 Å². The second-order valence-corrected chi connectivity index (χ2v) is 4.40. The first-order valence-electron chi connectivity index (χ1n) is 5.72. The molecule has 0 atom stereocenters. The number of rotatable bonds is 5. The van der Waals surface area contributed by atoms with Crippen molar-refractivity contribution >= 4 is 23.0 Å². The summed E-state index contributed by atoms with van der Waals surface area (Å²) < 4.78 is 5.02. The number of thiocarbonyl (C=S) groups is 1. The predicted molar refractivity (Wildman–Crippen MR) is 76.5 cm³/mol. The summed E-state index contributed by atoms with van der Waals surface area (Å²) in [5, 5.41) is 4.00. The Morgan fingerprint density at radius 2 is 2.12 bits per heavy atom. The highest BCUT2D eigenvalue weighted by Crippen LogP contribution is 2.13. The number of hydrogen-bond acceptors (Lipinski definition) is 2. The van der Waals surface area contributed by atoms with E-state index in [0.29, 0.717) is 0 Å². The molecule has 1 rings (SSSR count). The van der Waals surface area contributed by atoms with Gasteiger partial charge in [-0.2, -0.15) is 0 Å². The fourth-order valence-corrected chi connectivity index (χ4v) is 1.67. The van der Waals surface area contributed by atoms with Crippen molar-refractivity contribution in [3.05, 3.63) is 29.8 Å². The summed E-state index contributed by atoms with van der Waals surface area (Å²) in [6.07, 6.45) is 0.975. The van der Waals surface area contributed by atoms with Crippen LogP contribution in [-0.2, 0) is 4.74 Å². The molecule has 0 aliphatic heterocycles. The van der Waals surface area contributed by atoms with Gasteiger partial charge in [0.2, 0.25) is 0 Å². The summed E-state index contributed by atoms with van der Waals surface area (Å²) in [7, 11) is 3.70. The van der Waals surface area contributed by atoms with Gasteiger partial charge in [-0.25, -0.2) is 0 Å². The van der Waals surface area contributed by atoms with Crippen molar-refractivity contribution in [2.24, 2.45) is 0 Å². The number of ether oxygens (including phenoxy) is 1. The average molecular weight is 252 g/mol. The van der Waals surface area contributed by atoms with Crippen LogP contribution in [0.15, 0.2) is 24.3 Å². The first-order chi connectivity index (χ1) is 8.15. The molecule has 1 aromatic carbocycles. The van der Waals surface area contributed by atoms with E-state index in [1.165, 1.54) is 5.56 Å². The fraction of sp³-hybridized carbons (Fsp3) is 0.462. The largest absolute Gasteiger partial charge is 0.385 e. The first kappa shape index (κ1) is 13.9. The van der Waals surface area contributed by atoms with Crippen LogP contribution < -0.4 is 5.32 Å². The Hall–Kier alpha value is -1.13. The number of benzene rings is 1. The van der Waals surface area contributed by atoms with Crippen LogP contribution in [0.1, 0.15) is 12.0 Å². The van der Waals surface area contributed by atoms with E-state index in [9.17, 15) is 0 Å². The van der Waals surface area contributed by atoms with Crippen molar-refractivity contribution in [2.75, 3.05) is 32.6 Å². The predicted octanol–water partition coefficient (Wildman–Crippen LogP) is 2.66. The molecule has 0 aliphatic rings. The summed E-state index contributed by atoms with van der Waals surface area (Å²) >= 11 is 5.34. The minimum Gasteiger partial charge on any atom is -0.385 e. The van der Waals surface area contributed by atoms with Crippen molar-refractivity contribution in [3.8, 4) is 0 Å². The van der Waals surface area contributed by atoms with Crippen LogP contribution in [0.2, 0.25) is 0 Å². The molecule has 0 saturated heterocycles. The van der Waals surface area contributed by atoms with Crippen LogP contribution >= 0.6 is 12.2 Å². The fourth-order valence-electron chi connectivity index (χ4n) is 1.47. The third kappa shape index (κ3) is 4.71. The molecule has 0 spiro atoms. The van der Waals surface area contributed by atoms with Gasteiger partial charge in [0.15, 0.2) is 5.11 Å². The Morgan fingerprint density at radius 3 is 2.76 bits per heavy atom. The summed E-state index contributed by atoms with van der Waals surface area (Å²) in [5.74, 6) is 0. The molecule has 0 radical (unpaired) electrons. The van der Waals surface area contributed by atoms with Crippen molar-refractivity contribution in [1.29, 1.82) is 0 Å². The summed E-state index contributed by atoms with van der Waals surface area (Å²) in [6.45, 7) is 3.72. The SMILES string of the molecule is COCCCN(C)C(=S)Nc1ccccc1C. The second-order valence-electron chi connectivity index (χ2n) is 4.01. The van der Waals surface area contributed by atoms with Crippen LogP contribution in [0.25, 0.3) is 0 Å². The minimum absolute atomic E-state index is 0.746. The number of para-hydroxylation sites is 1. The van der Waals surface area contributed by atoms with Gasteiger partial charge in [-0.1, -0.05) is 18.2 Å². The number of anilines is 1. The number of hydrogen-bond donors (Lipinski definition) is 1. The lowest BCUT2D eigenvalue weighted by molar-refractivity contribution is 0.189. The van der Waals surface area contributed by atoms with E-state index in [1.54, 1.807) is 7.11 Å². The molecule has 0 aliphatic carbocycles. The molecular weight excluding hydrogens is 232 g/mol. The topological polar surface area (TPSA) is 24.5 Å². The standard InChI is InChI=1S/C13H20N2OS/c1-11-7-4-5-8-12(11)14-13(17)15(2)9-6-10-16-3/h4-5,7-8H,6,9-10H2,1-3H3,(H,14,17). The first-order valence-corrected chi connectivity index (χ1v) is 6.12. The van der Waals surface area contributed by atoms with E-state index in [0.717, 1.165) is 30.4 Å². The molecule has 4 heteroatoms. The van der Waals surface area contributed by atoms with Gasteiger partial charge >= 0.3 is 0 Å². The van der Waals surface area contributed by atoms with Crippen LogP contribution in [0, 0.1) is 6.92 Å². The van der Waals surface area contributed by atoms with E-state index < -0.39 is 0 Å². The number of nitrogens with one attached hydrogen (secondary N) is 1. The Balaban J connectivity index is 2.46. The molecule has 0 saturated carbocycles. The molecule has 17 heavy (non-hydrogen) atoms.